The minimum absolute atomic E-state index is 0.0275. The van der Waals surface area contributed by atoms with Crippen LogP contribution in [0.3, 0.4) is 0 Å². The van der Waals surface area contributed by atoms with Gasteiger partial charge in [0.1, 0.15) is 6.17 Å². The summed E-state index contributed by atoms with van der Waals surface area (Å²) < 4.78 is 34.8. The van der Waals surface area contributed by atoms with Crippen LogP contribution in [0.4, 0.5) is 4.39 Å². The van der Waals surface area contributed by atoms with E-state index in [0.29, 0.717) is 0 Å². The smallest absolute Gasteiger partial charge is 0.153 e. The molecule has 1 rings (SSSR count). The number of nitrogens with zero attached hydrogens (tertiary/aromatic N) is 1. The number of halogens is 1. The van der Waals surface area contributed by atoms with Crippen molar-refractivity contribution < 1.29 is 12.8 Å². The van der Waals surface area contributed by atoms with Crippen molar-refractivity contribution in [2.75, 3.05) is 11.5 Å². The van der Waals surface area contributed by atoms with Gasteiger partial charge in [-0.1, -0.05) is 0 Å². The van der Waals surface area contributed by atoms with Gasteiger partial charge >= 0.3 is 0 Å². The van der Waals surface area contributed by atoms with Crippen LogP contribution in [0, 0.1) is 17.2 Å². The normalized spacial score (nSPS) is 34.0. The lowest BCUT2D eigenvalue weighted by atomic mass is 9.98. The summed E-state index contributed by atoms with van der Waals surface area (Å²) in [5, 5.41) is 8.30. The summed E-state index contributed by atoms with van der Waals surface area (Å²) in [6.45, 7) is 0. The van der Waals surface area contributed by atoms with Crippen molar-refractivity contribution in [1.82, 2.24) is 0 Å². The van der Waals surface area contributed by atoms with Crippen LogP contribution in [0.25, 0.3) is 0 Å². The molecule has 0 spiro atoms. The summed E-state index contributed by atoms with van der Waals surface area (Å²) in [5.74, 6) is -0.752. The standard InChI is InChI=1S/C7H10FNO2S/c8-7-5-12(10,11)4-2-6(7)1-3-9/h6-7H,1-2,4-5H2. The third kappa shape index (κ3) is 2.18. The summed E-state index contributed by atoms with van der Waals surface area (Å²) in [6, 6.07) is 1.86. The molecule has 0 aromatic carbocycles. The molecule has 1 fully saturated rings. The Labute approximate surface area is 71.1 Å². The number of sulfone groups is 1. The third-order valence-corrected chi connectivity index (χ3v) is 3.76. The monoisotopic (exact) mass is 191 g/mol. The maximum atomic E-state index is 13.0. The molecule has 0 saturated carbocycles. The molecular weight excluding hydrogens is 181 g/mol. The highest BCUT2D eigenvalue weighted by molar-refractivity contribution is 7.91. The first-order valence-corrected chi connectivity index (χ1v) is 5.59. The fraction of sp³-hybridized carbons (Fsp3) is 0.857. The van der Waals surface area contributed by atoms with Crippen molar-refractivity contribution in [3.63, 3.8) is 0 Å². The Morgan fingerprint density at radius 3 is 2.75 bits per heavy atom. The van der Waals surface area contributed by atoms with Crippen molar-refractivity contribution in [3.05, 3.63) is 0 Å². The first kappa shape index (κ1) is 9.46. The first-order chi connectivity index (χ1) is 5.55. The second-order valence-electron chi connectivity index (χ2n) is 3.04. The Morgan fingerprint density at radius 1 is 1.58 bits per heavy atom. The van der Waals surface area contributed by atoms with E-state index in [1.807, 2.05) is 6.07 Å². The van der Waals surface area contributed by atoms with Gasteiger partial charge in [-0.05, 0) is 6.42 Å². The van der Waals surface area contributed by atoms with Crippen molar-refractivity contribution in [2.45, 2.75) is 19.0 Å². The molecule has 1 aliphatic heterocycles. The number of rotatable bonds is 1. The first-order valence-electron chi connectivity index (χ1n) is 3.76. The lowest BCUT2D eigenvalue weighted by Gasteiger charge is -2.23. The highest BCUT2D eigenvalue weighted by atomic mass is 32.2. The Hall–Kier alpha value is -0.630. The van der Waals surface area contributed by atoms with Crippen LogP contribution in [0.2, 0.25) is 0 Å². The molecule has 0 bridgehead atoms. The SMILES string of the molecule is N#CCC1CCS(=O)(=O)CC1F. The minimum Gasteiger partial charge on any atom is -0.246 e. The van der Waals surface area contributed by atoms with Crippen molar-refractivity contribution in [1.29, 1.82) is 5.26 Å². The zero-order valence-electron chi connectivity index (χ0n) is 6.53. The fourth-order valence-corrected chi connectivity index (χ4v) is 2.91. The Kier molecular flexibility index (Phi) is 2.68. The zero-order valence-corrected chi connectivity index (χ0v) is 7.35. The Balaban J connectivity index is 2.61. The van der Waals surface area contributed by atoms with E-state index in [2.05, 4.69) is 0 Å². The van der Waals surface area contributed by atoms with Gasteiger partial charge in [-0.15, -0.1) is 0 Å². The van der Waals surface area contributed by atoms with Crippen LogP contribution in [0.1, 0.15) is 12.8 Å². The second-order valence-corrected chi connectivity index (χ2v) is 5.27. The number of nitriles is 1. The number of hydrogen-bond donors (Lipinski definition) is 0. The topological polar surface area (TPSA) is 57.9 Å². The van der Waals surface area contributed by atoms with E-state index in [0.717, 1.165) is 0 Å². The average molecular weight is 191 g/mol. The van der Waals surface area contributed by atoms with E-state index < -0.39 is 21.8 Å². The lowest BCUT2D eigenvalue weighted by Crippen LogP contribution is -2.33. The van der Waals surface area contributed by atoms with Gasteiger partial charge in [0.2, 0.25) is 0 Å². The van der Waals surface area contributed by atoms with Crippen LogP contribution in [-0.2, 0) is 9.84 Å². The third-order valence-electron chi connectivity index (χ3n) is 2.08. The molecule has 0 amide bonds. The van der Waals surface area contributed by atoms with Crippen molar-refractivity contribution in [3.8, 4) is 6.07 Å². The van der Waals surface area contributed by atoms with Gasteiger partial charge in [0, 0.05) is 12.3 Å². The summed E-state index contributed by atoms with van der Waals surface area (Å²) in [5.41, 5.74) is 0. The van der Waals surface area contributed by atoms with Gasteiger partial charge < -0.3 is 0 Å². The van der Waals surface area contributed by atoms with Crippen LogP contribution in [0.15, 0.2) is 0 Å². The summed E-state index contributed by atoms with van der Waals surface area (Å²) in [7, 11) is -3.17. The lowest BCUT2D eigenvalue weighted by molar-refractivity contribution is 0.239. The van der Waals surface area contributed by atoms with Crippen molar-refractivity contribution >= 4 is 9.84 Å². The van der Waals surface area contributed by atoms with Gasteiger partial charge in [-0.25, -0.2) is 12.8 Å². The summed E-state index contributed by atoms with van der Waals surface area (Å²) >= 11 is 0. The maximum absolute atomic E-state index is 13.0. The molecule has 2 atom stereocenters. The molecule has 0 radical (unpaired) electrons. The fourth-order valence-electron chi connectivity index (χ4n) is 1.32. The molecule has 0 aromatic rings. The summed E-state index contributed by atoms with van der Waals surface area (Å²) in [4.78, 5) is 0. The van der Waals surface area contributed by atoms with Crippen LogP contribution < -0.4 is 0 Å². The number of alkyl halides is 1. The highest BCUT2D eigenvalue weighted by Gasteiger charge is 2.32. The zero-order chi connectivity index (χ0) is 9.19. The molecule has 0 N–H and O–H groups in total. The minimum atomic E-state index is -3.17. The molecule has 2 unspecified atom stereocenters. The van der Waals surface area contributed by atoms with E-state index in [9.17, 15) is 12.8 Å². The van der Waals surface area contributed by atoms with Gasteiger partial charge in [0.05, 0.1) is 17.6 Å². The van der Waals surface area contributed by atoms with Gasteiger partial charge in [0.15, 0.2) is 9.84 Å². The highest BCUT2D eigenvalue weighted by Crippen LogP contribution is 2.24. The molecule has 68 valence electrons. The van der Waals surface area contributed by atoms with Gasteiger partial charge in [-0.3, -0.25) is 0 Å². The van der Waals surface area contributed by atoms with Crippen LogP contribution in [0.5, 0.6) is 0 Å². The van der Waals surface area contributed by atoms with Gasteiger partial charge in [0.25, 0.3) is 0 Å². The molecule has 3 nitrogen and oxygen atoms in total. The van der Waals surface area contributed by atoms with Crippen molar-refractivity contribution in [2.24, 2.45) is 5.92 Å². The maximum Gasteiger partial charge on any atom is 0.153 e. The molecule has 1 heterocycles. The largest absolute Gasteiger partial charge is 0.246 e. The molecule has 5 heteroatoms. The molecule has 0 aromatic heterocycles. The van der Waals surface area contributed by atoms with Crippen LogP contribution in [-0.4, -0.2) is 26.1 Å². The predicted molar refractivity (Wildman–Crippen MR) is 41.9 cm³/mol. The Morgan fingerprint density at radius 2 is 2.25 bits per heavy atom. The van der Waals surface area contributed by atoms with E-state index in [1.54, 1.807) is 0 Å². The molecule has 12 heavy (non-hydrogen) atoms. The predicted octanol–water partition coefficient (Wildman–Crippen LogP) is 0.673. The second kappa shape index (κ2) is 3.40. The quantitative estimate of drug-likeness (QED) is 0.612. The Bertz CT molecular complexity index is 293. The van der Waals surface area contributed by atoms with E-state index in [1.165, 1.54) is 0 Å². The average Bonchev–Trinajstić information content (AvgIpc) is 1.94. The number of hydrogen-bond acceptors (Lipinski definition) is 3. The molecule has 0 aliphatic carbocycles. The molecule has 1 aliphatic rings. The van der Waals surface area contributed by atoms with E-state index >= 15 is 0 Å². The van der Waals surface area contributed by atoms with E-state index in [4.69, 9.17) is 5.26 Å². The summed E-state index contributed by atoms with van der Waals surface area (Å²) in [6.07, 6.45) is -0.934. The van der Waals surface area contributed by atoms with E-state index in [-0.39, 0.29) is 24.5 Å². The van der Waals surface area contributed by atoms with Crippen LogP contribution >= 0.6 is 0 Å². The van der Waals surface area contributed by atoms with Gasteiger partial charge in [-0.2, -0.15) is 5.26 Å². The molecule has 1 saturated heterocycles. The molecular formula is C7H10FNO2S.